The lowest BCUT2D eigenvalue weighted by Crippen LogP contribution is -2.30. The molecule has 0 aliphatic rings. The van der Waals surface area contributed by atoms with E-state index in [1.807, 2.05) is 6.92 Å². The van der Waals surface area contributed by atoms with E-state index in [1.54, 1.807) is 13.0 Å². The second-order valence-corrected chi connectivity index (χ2v) is 7.14. The average Bonchev–Trinajstić information content (AvgIpc) is 3.08. The molecule has 0 radical (unpaired) electrons. The van der Waals surface area contributed by atoms with Crippen LogP contribution in [0, 0.1) is 17.0 Å². The number of ether oxygens (including phenoxy) is 1. The second kappa shape index (κ2) is 7.77. The molecule has 0 aliphatic heterocycles. The molecule has 1 aromatic carbocycles. The average molecular weight is 402 g/mol. The SMILES string of the molecule is CCc1cc2c(=O)n(CC(=O)Nc3ccc(OC)cc3[N+](=O)[O-])c(C)nc2s1. The molecule has 2 heterocycles. The van der Waals surface area contributed by atoms with Crippen LogP contribution in [0.15, 0.2) is 29.1 Å². The Morgan fingerprint density at radius 2 is 2.14 bits per heavy atom. The number of amides is 1. The summed E-state index contributed by atoms with van der Waals surface area (Å²) in [5, 5.41) is 14.2. The number of benzene rings is 1. The Hall–Kier alpha value is -3.27. The van der Waals surface area contributed by atoms with E-state index >= 15 is 0 Å². The van der Waals surface area contributed by atoms with Gasteiger partial charge in [0.1, 0.15) is 28.6 Å². The molecule has 1 amide bonds. The van der Waals surface area contributed by atoms with Crippen LogP contribution in [-0.2, 0) is 17.8 Å². The molecule has 10 heteroatoms. The highest BCUT2D eigenvalue weighted by atomic mass is 32.1. The zero-order chi connectivity index (χ0) is 20.4. The van der Waals surface area contributed by atoms with Gasteiger partial charge in [-0.15, -0.1) is 11.3 Å². The van der Waals surface area contributed by atoms with Crippen molar-refractivity contribution in [2.45, 2.75) is 26.8 Å². The van der Waals surface area contributed by atoms with Gasteiger partial charge in [0.25, 0.3) is 11.2 Å². The zero-order valence-corrected chi connectivity index (χ0v) is 16.3. The standard InChI is InChI=1S/C18H18N4O5S/c1-4-12-8-13-17(28-12)19-10(2)21(18(13)24)9-16(23)20-14-6-5-11(27-3)7-15(14)22(25)26/h5-8H,4,9H2,1-3H3,(H,20,23). The number of fused-ring (bicyclic) bond motifs is 1. The summed E-state index contributed by atoms with van der Waals surface area (Å²) in [7, 11) is 1.39. The molecule has 0 fully saturated rings. The first-order valence-electron chi connectivity index (χ1n) is 8.46. The van der Waals surface area contributed by atoms with Crippen LogP contribution >= 0.6 is 11.3 Å². The van der Waals surface area contributed by atoms with Crippen LogP contribution in [-0.4, -0.2) is 27.5 Å². The smallest absolute Gasteiger partial charge is 0.296 e. The number of carbonyl (C=O) groups excluding carboxylic acids is 1. The van der Waals surface area contributed by atoms with Crippen LogP contribution in [0.2, 0.25) is 0 Å². The minimum absolute atomic E-state index is 0.0272. The summed E-state index contributed by atoms with van der Waals surface area (Å²) in [4.78, 5) is 41.9. The molecule has 0 aliphatic carbocycles. The van der Waals surface area contributed by atoms with Crippen LogP contribution in [0.5, 0.6) is 5.75 Å². The number of aryl methyl sites for hydroxylation is 2. The predicted molar refractivity (Wildman–Crippen MR) is 106 cm³/mol. The number of rotatable bonds is 6. The summed E-state index contributed by atoms with van der Waals surface area (Å²) in [5.41, 5.74) is -0.576. The number of nitro benzene ring substituents is 1. The molecule has 3 rings (SSSR count). The Labute approximate surface area is 163 Å². The highest BCUT2D eigenvalue weighted by Gasteiger charge is 2.19. The van der Waals surface area contributed by atoms with Crippen molar-refractivity contribution in [1.82, 2.24) is 9.55 Å². The lowest BCUT2D eigenvalue weighted by atomic mass is 10.2. The van der Waals surface area contributed by atoms with E-state index in [9.17, 15) is 19.7 Å². The molecular formula is C18H18N4O5S. The summed E-state index contributed by atoms with van der Waals surface area (Å²) in [6, 6.07) is 5.90. The molecule has 0 atom stereocenters. The maximum Gasteiger partial charge on any atom is 0.296 e. The third-order valence-electron chi connectivity index (χ3n) is 4.22. The van der Waals surface area contributed by atoms with Crippen molar-refractivity contribution in [3.05, 3.63) is 55.4 Å². The van der Waals surface area contributed by atoms with Gasteiger partial charge in [-0.2, -0.15) is 0 Å². The lowest BCUT2D eigenvalue weighted by molar-refractivity contribution is -0.384. The number of hydrogen-bond donors (Lipinski definition) is 1. The Morgan fingerprint density at radius 1 is 1.39 bits per heavy atom. The third-order valence-corrected chi connectivity index (χ3v) is 5.39. The number of nitrogens with zero attached hydrogens (tertiary/aromatic N) is 3. The summed E-state index contributed by atoms with van der Waals surface area (Å²) in [6.07, 6.45) is 0.793. The van der Waals surface area contributed by atoms with E-state index in [-0.39, 0.29) is 23.5 Å². The van der Waals surface area contributed by atoms with E-state index in [0.717, 1.165) is 11.3 Å². The van der Waals surface area contributed by atoms with E-state index in [1.165, 1.54) is 41.2 Å². The summed E-state index contributed by atoms with van der Waals surface area (Å²) < 4.78 is 6.24. The number of nitrogens with one attached hydrogen (secondary N) is 1. The van der Waals surface area contributed by atoms with Gasteiger partial charge in [-0.3, -0.25) is 24.3 Å². The summed E-state index contributed by atoms with van der Waals surface area (Å²) in [5.74, 6) is 0.141. The first-order chi connectivity index (χ1) is 13.3. The third kappa shape index (κ3) is 3.72. The molecule has 3 aromatic rings. The maximum absolute atomic E-state index is 12.8. The Kier molecular flexibility index (Phi) is 5.41. The number of nitro groups is 1. The molecule has 0 saturated carbocycles. The van der Waals surface area contributed by atoms with Crippen LogP contribution in [0.3, 0.4) is 0 Å². The first-order valence-corrected chi connectivity index (χ1v) is 9.27. The number of aromatic nitrogens is 2. The van der Waals surface area contributed by atoms with Crippen LogP contribution < -0.4 is 15.6 Å². The normalized spacial score (nSPS) is 10.8. The van der Waals surface area contributed by atoms with Crippen molar-refractivity contribution < 1.29 is 14.5 Å². The van der Waals surface area contributed by atoms with Gasteiger partial charge >= 0.3 is 0 Å². The van der Waals surface area contributed by atoms with Gasteiger partial charge in [-0.05, 0) is 31.5 Å². The molecule has 146 valence electrons. The van der Waals surface area contributed by atoms with Crippen molar-refractivity contribution in [2.24, 2.45) is 0 Å². The Balaban J connectivity index is 1.90. The second-order valence-electron chi connectivity index (χ2n) is 6.02. The van der Waals surface area contributed by atoms with Crippen LogP contribution in [0.4, 0.5) is 11.4 Å². The molecule has 0 spiro atoms. The van der Waals surface area contributed by atoms with Crippen molar-refractivity contribution in [2.75, 3.05) is 12.4 Å². The van der Waals surface area contributed by atoms with Gasteiger partial charge in [-0.25, -0.2) is 4.98 Å². The predicted octanol–water partition coefficient (Wildman–Crippen LogP) is 2.88. The van der Waals surface area contributed by atoms with Gasteiger partial charge in [-0.1, -0.05) is 6.92 Å². The molecular weight excluding hydrogens is 384 g/mol. The van der Waals surface area contributed by atoms with E-state index in [2.05, 4.69) is 10.3 Å². The largest absolute Gasteiger partial charge is 0.496 e. The highest BCUT2D eigenvalue weighted by Crippen LogP contribution is 2.29. The Morgan fingerprint density at radius 3 is 2.79 bits per heavy atom. The highest BCUT2D eigenvalue weighted by molar-refractivity contribution is 7.18. The van der Waals surface area contributed by atoms with E-state index in [0.29, 0.717) is 21.8 Å². The number of carbonyl (C=O) groups is 1. The lowest BCUT2D eigenvalue weighted by Gasteiger charge is -2.11. The summed E-state index contributed by atoms with van der Waals surface area (Å²) in [6.45, 7) is 3.34. The molecule has 9 nitrogen and oxygen atoms in total. The monoisotopic (exact) mass is 402 g/mol. The van der Waals surface area contributed by atoms with Crippen molar-refractivity contribution in [1.29, 1.82) is 0 Å². The van der Waals surface area contributed by atoms with Crippen LogP contribution in [0.25, 0.3) is 10.2 Å². The van der Waals surface area contributed by atoms with Gasteiger partial charge in [0.2, 0.25) is 5.91 Å². The maximum atomic E-state index is 12.8. The van der Waals surface area contributed by atoms with Gasteiger partial charge in [0.15, 0.2) is 0 Å². The topological polar surface area (TPSA) is 116 Å². The number of hydrogen-bond acceptors (Lipinski definition) is 7. The fourth-order valence-corrected chi connectivity index (χ4v) is 3.76. The zero-order valence-electron chi connectivity index (χ0n) is 15.5. The number of anilines is 1. The van der Waals surface area contributed by atoms with E-state index in [4.69, 9.17) is 4.74 Å². The molecule has 2 aromatic heterocycles. The fourth-order valence-electron chi connectivity index (χ4n) is 2.76. The number of thiophene rings is 1. The molecule has 0 bridgehead atoms. The molecule has 28 heavy (non-hydrogen) atoms. The van der Waals surface area contributed by atoms with Gasteiger partial charge in [0.05, 0.1) is 23.5 Å². The number of methoxy groups -OCH3 is 1. The summed E-state index contributed by atoms with van der Waals surface area (Å²) >= 11 is 1.45. The first kappa shape index (κ1) is 19.5. The molecule has 1 N–H and O–H groups in total. The van der Waals surface area contributed by atoms with Crippen molar-refractivity contribution >= 4 is 38.8 Å². The molecule has 0 unspecified atom stereocenters. The van der Waals surface area contributed by atoms with Gasteiger partial charge in [0, 0.05) is 4.88 Å². The van der Waals surface area contributed by atoms with Crippen LogP contribution in [0.1, 0.15) is 17.6 Å². The quantitative estimate of drug-likeness (QED) is 0.501. The minimum atomic E-state index is -0.610. The fraction of sp³-hybridized carbons (Fsp3) is 0.278. The van der Waals surface area contributed by atoms with E-state index < -0.39 is 10.8 Å². The van der Waals surface area contributed by atoms with Gasteiger partial charge < -0.3 is 10.1 Å². The van der Waals surface area contributed by atoms with Crippen molar-refractivity contribution in [3.63, 3.8) is 0 Å². The molecule has 0 saturated heterocycles. The minimum Gasteiger partial charge on any atom is -0.496 e. The van der Waals surface area contributed by atoms with Crippen molar-refractivity contribution in [3.8, 4) is 5.75 Å². The Bertz CT molecular complexity index is 1130.